The maximum absolute atomic E-state index is 5.99. The zero-order valence-electron chi connectivity index (χ0n) is 15.2. The largest absolute Gasteiger partial charge is 0.388 e. The summed E-state index contributed by atoms with van der Waals surface area (Å²) >= 11 is 3.10. The van der Waals surface area contributed by atoms with Crippen LogP contribution in [0.5, 0.6) is 0 Å². The summed E-state index contributed by atoms with van der Waals surface area (Å²) in [6, 6.07) is 4.19. The van der Waals surface area contributed by atoms with Crippen LogP contribution in [0.3, 0.4) is 0 Å². The van der Waals surface area contributed by atoms with Crippen LogP contribution >= 0.6 is 23.1 Å². The van der Waals surface area contributed by atoms with Crippen LogP contribution in [0.4, 0.5) is 5.00 Å². The van der Waals surface area contributed by atoms with Crippen molar-refractivity contribution < 1.29 is 4.57 Å². The van der Waals surface area contributed by atoms with E-state index < -0.39 is 0 Å². The van der Waals surface area contributed by atoms with Gasteiger partial charge in [0.05, 0.1) is 0 Å². The molecule has 0 aliphatic heterocycles. The minimum atomic E-state index is 0.781. The highest BCUT2D eigenvalue weighted by Gasteiger charge is 2.11. The normalized spacial score (nSPS) is 9.83. The summed E-state index contributed by atoms with van der Waals surface area (Å²) in [6.45, 7) is 13.2. The molecule has 0 spiro atoms. The Hall–Kier alpha value is -1.33. The molecule has 0 bridgehead atoms. The minimum absolute atomic E-state index is 0.781. The Kier molecular flexibility index (Phi) is 12.4. The van der Waals surface area contributed by atoms with Gasteiger partial charge in [-0.1, -0.05) is 63.8 Å². The lowest BCUT2D eigenvalue weighted by Crippen LogP contribution is -2.31. The summed E-state index contributed by atoms with van der Waals surface area (Å²) < 4.78 is 2.18. The van der Waals surface area contributed by atoms with E-state index in [1.54, 1.807) is 11.8 Å². The SMILES string of the molecule is C/C=C\Sc1nc(-c2cc[n+](CCC)cc2)sc1N.CC.CC. The zero-order chi connectivity index (χ0) is 17.7. The zero-order valence-corrected chi connectivity index (χ0v) is 16.8. The van der Waals surface area contributed by atoms with Crippen molar-refractivity contribution in [1.29, 1.82) is 0 Å². The Labute approximate surface area is 149 Å². The van der Waals surface area contributed by atoms with Crippen LogP contribution < -0.4 is 10.3 Å². The number of thioether (sulfide) groups is 1. The van der Waals surface area contributed by atoms with Crippen LogP contribution in [0, 0.1) is 0 Å². The molecule has 2 N–H and O–H groups in total. The van der Waals surface area contributed by atoms with Crippen LogP contribution in [0.25, 0.3) is 10.6 Å². The Morgan fingerprint density at radius 2 is 1.83 bits per heavy atom. The summed E-state index contributed by atoms with van der Waals surface area (Å²) in [5.41, 5.74) is 7.11. The molecule has 2 heterocycles. The Morgan fingerprint density at radius 3 is 2.35 bits per heavy atom. The lowest BCUT2D eigenvalue weighted by Gasteiger charge is -1.96. The smallest absolute Gasteiger partial charge is 0.169 e. The second kappa shape index (κ2) is 13.1. The Bertz CT molecular complexity index is 560. The summed E-state index contributed by atoms with van der Waals surface area (Å²) in [7, 11) is 0. The molecule has 0 atom stereocenters. The average molecular weight is 353 g/mol. The van der Waals surface area contributed by atoms with Gasteiger partial charge in [-0.05, 0) is 12.3 Å². The van der Waals surface area contributed by atoms with Crippen molar-refractivity contribution in [1.82, 2.24) is 4.98 Å². The van der Waals surface area contributed by atoms with Crippen molar-refractivity contribution >= 4 is 28.1 Å². The molecular weight excluding hydrogens is 322 g/mol. The number of allylic oxidation sites excluding steroid dienone is 1. The molecule has 0 amide bonds. The van der Waals surface area contributed by atoms with Crippen LogP contribution in [-0.4, -0.2) is 4.98 Å². The number of anilines is 1. The molecule has 0 saturated heterocycles. The second-order valence-corrected chi connectivity index (χ2v) is 6.03. The maximum atomic E-state index is 5.99. The molecule has 2 aromatic rings. The Morgan fingerprint density at radius 1 is 1.22 bits per heavy atom. The highest BCUT2D eigenvalue weighted by Crippen LogP contribution is 2.35. The molecule has 0 aromatic carbocycles. The summed E-state index contributed by atoms with van der Waals surface area (Å²) in [4.78, 5) is 4.59. The van der Waals surface area contributed by atoms with Gasteiger partial charge in [-0.25, -0.2) is 9.55 Å². The number of hydrogen-bond acceptors (Lipinski definition) is 4. The maximum Gasteiger partial charge on any atom is 0.169 e. The van der Waals surface area contributed by atoms with Gasteiger partial charge in [0.2, 0.25) is 0 Å². The Balaban J connectivity index is 0.00000112. The molecule has 128 valence electrons. The van der Waals surface area contributed by atoms with Gasteiger partial charge in [0.15, 0.2) is 12.4 Å². The number of aryl methyl sites for hydroxylation is 1. The number of pyridine rings is 1. The fourth-order valence-electron chi connectivity index (χ4n) is 1.67. The fraction of sp³-hybridized carbons (Fsp3) is 0.444. The number of hydrogen-bond donors (Lipinski definition) is 1. The van der Waals surface area contributed by atoms with E-state index >= 15 is 0 Å². The summed E-state index contributed by atoms with van der Waals surface area (Å²) in [6.07, 6.45) is 7.31. The molecule has 5 heteroatoms. The molecule has 0 saturated carbocycles. The van der Waals surface area contributed by atoms with E-state index in [4.69, 9.17) is 5.73 Å². The third-order valence-corrected chi connectivity index (χ3v) is 4.56. The molecular formula is C18H30N3S2+. The second-order valence-electron chi connectivity index (χ2n) is 4.10. The minimum Gasteiger partial charge on any atom is -0.388 e. The number of nitrogens with two attached hydrogens (primary N) is 1. The van der Waals surface area contributed by atoms with Crippen LogP contribution in [0.1, 0.15) is 48.0 Å². The van der Waals surface area contributed by atoms with Gasteiger partial charge in [-0.15, -0.1) is 0 Å². The number of nitrogen functional groups attached to an aromatic ring is 1. The highest BCUT2D eigenvalue weighted by molar-refractivity contribution is 8.02. The van der Waals surface area contributed by atoms with E-state index in [0.717, 1.165) is 33.6 Å². The van der Waals surface area contributed by atoms with Crippen LogP contribution in [0.15, 0.2) is 41.0 Å². The molecule has 0 aliphatic carbocycles. The molecule has 0 aliphatic rings. The quantitative estimate of drug-likeness (QED) is 0.549. The molecule has 3 nitrogen and oxygen atoms in total. The number of thiazole rings is 1. The topological polar surface area (TPSA) is 42.8 Å². The van der Waals surface area contributed by atoms with Crippen molar-refractivity contribution in [2.24, 2.45) is 0 Å². The first-order chi connectivity index (χ1) is 11.2. The predicted molar refractivity (Wildman–Crippen MR) is 106 cm³/mol. The van der Waals surface area contributed by atoms with E-state index in [9.17, 15) is 0 Å². The van der Waals surface area contributed by atoms with E-state index in [-0.39, 0.29) is 0 Å². The third-order valence-electron chi connectivity index (χ3n) is 2.56. The van der Waals surface area contributed by atoms with Gasteiger partial charge in [0, 0.05) is 24.1 Å². The summed E-state index contributed by atoms with van der Waals surface area (Å²) in [5, 5.41) is 4.65. The molecule has 0 radical (unpaired) electrons. The predicted octanol–water partition coefficient (Wildman–Crippen LogP) is 5.77. The standard InChI is InChI=1S/C14H17N3S2.2C2H6/c1-3-7-17-8-5-11(6-9-17)13-16-14(12(15)19-13)18-10-4-2;2*1-2/h4-6,8-10,15H,3,7H2,1-2H3;2*1-2H3/p+1/b10-4-;;. The van der Waals surface area contributed by atoms with Crippen molar-refractivity contribution in [2.45, 2.75) is 59.5 Å². The van der Waals surface area contributed by atoms with Gasteiger partial charge in [-0.3, -0.25) is 0 Å². The van der Waals surface area contributed by atoms with Gasteiger partial charge in [0.1, 0.15) is 21.6 Å². The van der Waals surface area contributed by atoms with Crippen molar-refractivity contribution in [3.63, 3.8) is 0 Å². The first kappa shape index (κ1) is 21.7. The third kappa shape index (κ3) is 7.18. The number of aromatic nitrogens is 2. The average Bonchev–Trinajstić information content (AvgIpc) is 2.98. The van der Waals surface area contributed by atoms with Crippen LogP contribution in [-0.2, 0) is 6.54 Å². The molecule has 0 unspecified atom stereocenters. The number of nitrogens with zero attached hydrogens (tertiary/aromatic N) is 2. The van der Waals surface area contributed by atoms with E-state index in [1.165, 1.54) is 11.3 Å². The fourth-order valence-corrected chi connectivity index (χ4v) is 3.25. The van der Waals surface area contributed by atoms with Crippen LogP contribution in [0.2, 0.25) is 0 Å². The lowest BCUT2D eigenvalue weighted by molar-refractivity contribution is -0.696. The monoisotopic (exact) mass is 352 g/mol. The van der Waals surface area contributed by atoms with E-state index in [0.29, 0.717) is 0 Å². The lowest BCUT2D eigenvalue weighted by atomic mass is 10.3. The molecule has 2 rings (SSSR count). The van der Waals surface area contributed by atoms with Gasteiger partial charge in [0.25, 0.3) is 0 Å². The highest BCUT2D eigenvalue weighted by atomic mass is 32.2. The molecule has 0 fully saturated rings. The van der Waals surface area contributed by atoms with E-state index in [2.05, 4.69) is 41.0 Å². The molecule has 23 heavy (non-hydrogen) atoms. The van der Waals surface area contributed by atoms with Crippen molar-refractivity contribution in [3.8, 4) is 10.6 Å². The van der Waals surface area contributed by atoms with Crippen molar-refractivity contribution in [2.75, 3.05) is 5.73 Å². The summed E-state index contributed by atoms with van der Waals surface area (Å²) in [5.74, 6) is 0. The molecule has 2 aromatic heterocycles. The van der Waals surface area contributed by atoms with Gasteiger partial charge >= 0.3 is 0 Å². The van der Waals surface area contributed by atoms with Crippen molar-refractivity contribution in [3.05, 3.63) is 36.0 Å². The first-order valence-corrected chi connectivity index (χ1v) is 9.97. The van der Waals surface area contributed by atoms with Gasteiger partial charge < -0.3 is 5.73 Å². The van der Waals surface area contributed by atoms with Gasteiger partial charge in [-0.2, -0.15) is 0 Å². The number of rotatable bonds is 5. The van der Waals surface area contributed by atoms with E-state index in [1.807, 2.05) is 46.1 Å². The first-order valence-electron chi connectivity index (χ1n) is 8.28.